The molecule has 1 atom stereocenters. The molecule has 2 aliphatic heterocycles. The fourth-order valence-electron chi connectivity index (χ4n) is 3.96. The Morgan fingerprint density at radius 1 is 1.10 bits per heavy atom. The van der Waals surface area contributed by atoms with Crippen LogP contribution >= 0.6 is 11.3 Å². The molecule has 2 aromatic carbocycles. The Balaban J connectivity index is 1.25. The molecule has 150 valence electrons. The van der Waals surface area contributed by atoms with Gasteiger partial charge in [-0.1, -0.05) is 29.5 Å². The summed E-state index contributed by atoms with van der Waals surface area (Å²) in [6.45, 7) is 7.36. The van der Waals surface area contributed by atoms with E-state index in [-0.39, 0.29) is 12.5 Å². The van der Waals surface area contributed by atoms with E-state index < -0.39 is 6.10 Å². The van der Waals surface area contributed by atoms with E-state index in [1.165, 1.54) is 15.8 Å². The number of ether oxygens (including phenoxy) is 2. The summed E-state index contributed by atoms with van der Waals surface area (Å²) in [5.74, 6) is 1.33. The molecule has 2 aliphatic rings. The standard InChI is InChI=1S/C22H23N3O3S/c1-14-11-15(2)20-16(12-14)23-22(29-20)25-9-7-24(8-10-25)21(26)19-13-27-17-5-3-4-6-18(17)28-19/h3-6,11-12,19H,7-10,13H2,1-2H3/t19-/m0/s1. The minimum absolute atomic E-state index is 0.00470. The van der Waals surface area contributed by atoms with Crippen molar-refractivity contribution >= 4 is 32.6 Å². The van der Waals surface area contributed by atoms with Crippen LogP contribution in [0.4, 0.5) is 5.13 Å². The Labute approximate surface area is 173 Å². The third kappa shape index (κ3) is 3.40. The van der Waals surface area contributed by atoms with Gasteiger partial charge in [0.15, 0.2) is 16.6 Å². The van der Waals surface area contributed by atoms with Gasteiger partial charge in [-0.05, 0) is 43.2 Å². The maximum absolute atomic E-state index is 12.9. The van der Waals surface area contributed by atoms with Gasteiger partial charge in [0, 0.05) is 26.2 Å². The molecular weight excluding hydrogens is 386 g/mol. The lowest BCUT2D eigenvalue weighted by Crippen LogP contribution is -2.54. The first-order chi connectivity index (χ1) is 14.1. The Kier molecular flexibility index (Phi) is 4.54. The number of hydrogen-bond acceptors (Lipinski definition) is 6. The second-order valence-corrected chi connectivity index (χ2v) is 8.58. The van der Waals surface area contributed by atoms with Gasteiger partial charge in [-0.25, -0.2) is 4.98 Å². The van der Waals surface area contributed by atoms with Crippen molar-refractivity contribution in [2.24, 2.45) is 0 Å². The van der Waals surface area contributed by atoms with Crippen LogP contribution in [-0.2, 0) is 4.79 Å². The van der Waals surface area contributed by atoms with Crippen LogP contribution in [0.15, 0.2) is 36.4 Å². The van der Waals surface area contributed by atoms with Gasteiger partial charge in [-0.15, -0.1) is 0 Å². The van der Waals surface area contributed by atoms with Crippen LogP contribution in [0, 0.1) is 13.8 Å². The number of anilines is 1. The molecule has 1 saturated heterocycles. The van der Waals surface area contributed by atoms with Crippen molar-refractivity contribution in [3.8, 4) is 11.5 Å². The largest absolute Gasteiger partial charge is 0.485 e. The summed E-state index contributed by atoms with van der Waals surface area (Å²) in [6, 6.07) is 11.8. The SMILES string of the molecule is Cc1cc(C)c2sc(N3CCN(C(=O)[C@@H]4COc5ccccc5O4)CC3)nc2c1. The first-order valence-corrected chi connectivity index (χ1v) is 10.7. The lowest BCUT2D eigenvalue weighted by Gasteiger charge is -2.37. The van der Waals surface area contributed by atoms with Gasteiger partial charge in [0.2, 0.25) is 6.10 Å². The fourth-order valence-corrected chi connectivity index (χ4v) is 5.03. The quantitative estimate of drug-likeness (QED) is 0.649. The van der Waals surface area contributed by atoms with Gasteiger partial charge in [-0.3, -0.25) is 4.79 Å². The van der Waals surface area contributed by atoms with E-state index in [1.807, 2.05) is 29.2 Å². The van der Waals surface area contributed by atoms with Crippen LogP contribution in [0.25, 0.3) is 10.2 Å². The fraction of sp³-hybridized carbons (Fsp3) is 0.364. The molecule has 0 N–H and O–H groups in total. The maximum Gasteiger partial charge on any atom is 0.267 e. The Bertz CT molecular complexity index is 1070. The number of hydrogen-bond donors (Lipinski definition) is 0. The van der Waals surface area contributed by atoms with Crippen LogP contribution in [0.2, 0.25) is 0 Å². The number of aromatic nitrogens is 1. The first kappa shape index (κ1) is 18.2. The van der Waals surface area contributed by atoms with E-state index in [9.17, 15) is 4.79 Å². The van der Waals surface area contributed by atoms with E-state index in [2.05, 4.69) is 30.9 Å². The zero-order valence-electron chi connectivity index (χ0n) is 16.6. The zero-order chi connectivity index (χ0) is 20.0. The molecule has 0 aliphatic carbocycles. The zero-order valence-corrected chi connectivity index (χ0v) is 17.4. The molecule has 0 unspecified atom stereocenters. The van der Waals surface area contributed by atoms with Crippen LogP contribution in [0.3, 0.4) is 0 Å². The van der Waals surface area contributed by atoms with Crippen molar-refractivity contribution < 1.29 is 14.3 Å². The van der Waals surface area contributed by atoms with Crippen LogP contribution in [0.5, 0.6) is 11.5 Å². The molecule has 0 spiro atoms. The molecular formula is C22H23N3O3S. The summed E-state index contributed by atoms with van der Waals surface area (Å²) in [5.41, 5.74) is 3.57. The van der Waals surface area contributed by atoms with Crippen LogP contribution < -0.4 is 14.4 Å². The second kappa shape index (κ2) is 7.22. The summed E-state index contributed by atoms with van der Waals surface area (Å²) in [5, 5.41) is 1.03. The number of amides is 1. The highest BCUT2D eigenvalue weighted by atomic mass is 32.1. The number of carbonyl (C=O) groups is 1. The Hall–Kier alpha value is -2.80. The van der Waals surface area contributed by atoms with Crippen molar-refractivity contribution in [3.05, 3.63) is 47.5 Å². The average molecular weight is 410 g/mol. The monoisotopic (exact) mass is 409 g/mol. The van der Waals surface area contributed by atoms with Gasteiger partial charge in [-0.2, -0.15) is 0 Å². The summed E-state index contributed by atoms with van der Waals surface area (Å²) in [4.78, 5) is 21.9. The number of piperazine rings is 1. The predicted molar refractivity (Wildman–Crippen MR) is 114 cm³/mol. The van der Waals surface area contributed by atoms with Crippen molar-refractivity contribution in [3.63, 3.8) is 0 Å². The number of rotatable bonds is 2. The lowest BCUT2D eigenvalue weighted by atomic mass is 10.1. The number of thiazole rings is 1. The van der Waals surface area contributed by atoms with E-state index in [0.29, 0.717) is 24.6 Å². The lowest BCUT2D eigenvalue weighted by molar-refractivity contribution is -0.141. The van der Waals surface area contributed by atoms with Crippen molar-refractivity contribution in [1.29, 1.82) is 0 Å². The van der Waals surface area contributed by atoms with Crippen molar-refractivity contribution in [1.82, 2.24) is 9.88 Å². The minimum atomic E-state index is -0.579. The van der Waals surface area contributed by atoms with Gasteiger partial charge >= 0.3 is 0 Å². The normalized spacial score (nSPS) is 18.9. The van der Waals surface area contributed by atoms with E-state index in [0.717, 1.165) is 23.7 Å². The number of carbonyl (C=O) groups excluding carboxylic acids is 1. The van der Waals surface area contributed by atoms with Crippen molar-refractivity contribution in [2.75, 3.05) is 37.7 Å². The molecule has 5 rings (SSSR count). The summed E-state index contributed by atoms with van der Waals surface area (Å²) < 4.78 is 12.8. The summed E-state index contributed by atoms with van der Waals surface area (Å²) in [7, 11) is 0. The summed E-state index contributed by atoms with van der Waals surface area (Å²) in [6.07, 6.45) is -0.579. The van der Waals surface area contributed by atoms with Crippen LogP contribution in [0.1, 0.15) is 11.1 Å². The molecule has 7 heteroatoms. The Morgan fingerprint density at radius 2 is 1.86 bits per heavy atom. The van der Waals surface area contributed by atoms with Gasteiger partial charge in [0.05, 0.1) is 10.2 Å². The third-order valence-electron chi connectivity index (χ3n) is 5.45. The first-order valence-electron chi connectivity index (χ1n) is 9.88. The van der Waals surface area contributed by atoms with Crippen LogP contribution in [-0.4, -0.2) is 54.7 Å². The maximum atomic E-state index is 12.9. The molecule has 6 nitrogen and oxygen atoms in total. The highest BCUT2D eigenvalue weighted by Gasteiger charge is 2.33. The van der Waals surface area contributed by atoms with E-state index >= 15 is 0 Å². The highest BCUT2D eigenvalue weighted by Crippen LogP contribution is 2.33. The molecule has 1 aromatic heterocycles. The molecule has 3 aromatic rings. The molecule has 0 saturated carbocycles. The number of aryl methyl sites for hydroxylation is 2. The number of nitrogens with zero attached hydrogens (tertiary/aromatic N) is 3. The number of para-hydroxylation sites is 2. The average Bonchev–Trinajstić information content (AvgIpc) is 3.17. The third-order valence-corrected chi connectivity index (χ3v) is 6.72. The Morgan fingerprint density at radius 3 is 2.66 bits per heavy atom. The van der Waals surface area contributed by atoms with Crippen molar-refractivity contribution in [2.45, 2.75) is 20.0 Å². The number of benzene rings is 2. The predicted octanol–water partition coefficient (Wildman–Crippen LogP) is 3.40. The molecule has 1 amide bonds. The molecule has 0 bridgehead atoms. The summed E-state index contributed by atoms with van der Waals surface area (Å²) >= 11 is 1.74. The van der Waals surface area contributed by atoms with E-state index in [1.54, 1.807) is 11.3 Å². The second-order valence-electron chi connectivity index (χ2n) is 7.60. The minimum Gasteiger partial charge on any atom is -0.485 e. The van der Waals surface area contributed by atoms with Gasteiger partial charge < -0.3 is 19.3 Å². The van der Waals surface area contributed by atoms with E-state index in [4.69, 9.17) is 14.5 Å². The molecule has 1 fully saturated rings. The molecule has 0 radical (unpaired) electrons. The molecule has 3 heterocycles. The smallest absolute Gasteiger partial charge is 0.267 e. The topological polar surface area (TPSA) is 54.9 Å². The highest BCUT2D eigenvalue weighted by molar-refractivity contribution is 7.22. The van der Waals surface area contributed by atoms with Gasteiger partial charge in [0.25, 0.3) is 5.91 Å². The van der Waals surface area contributed by atoms with Gasteiger partial charge in [0.1, 0.15) is 6.61 Å². The number of fused-ring (bicyclic) bond motifs is 2. The molecule has 29 heavy (non-hydrogen) atoms.